The number of ether oxygens (including phenoxy) is 1. The molecule has 216 valence electrons. The lowest BCUT2D eigenvalue weighted by atomic mass is 9.98. The molecule has 3 aromatic rings. The number of sulfonamides is 1. The van der Waals surface area contributed by atoms with Crippen LogP contribution in [-0.4, -0.2) is 73.5 Å². The van der Waals surface area contributed by atoms with Crippen LogP contribution in [0.2, 0.25) is 0 Å². The number of amides is 1. The number of carbonyl (C=O) groups is 1. The zero-order valence-electron chi connectivity index (χ0n) is 22.1. The van der Waals surface area contributed by atoms with Crippen molar-refractivity contribution in [1.82, 2.24) is 24.5 Å². The van der Waals surface area contributed by atoms with Crippen LogP contribution in [0.1, 0.15) is 17.5 Å². The second-order valence-electron chi connectivity index (χ2n) is 9.78. The van der Waals surface area contributed by atoms with E-state index < -0.39 is 27.9 Å². The fourth-order valence-electron chi connectivity index (χ4n) is 5.03. The number of fused-ring (bicyclic) bond motifs is 1. The maximum absolute atomic E-state index is 13.3. The minimum absolute atomic E-state index is 0.0312. The first-order chi connectivity index (χ1) is 19.6. The lowest BCUT2D eigenvalue weighted by Gasteiger charge is -2.36. The number of aromatic nitrogens is 2. The molecule has 9 nitrogen and oxygen atoms in total. The second-order valence-corrected chi connectivity index (χ2v) is 11.4. The molecular weight excluding hydrogens is 559 g/mol. The minimum atomic E-state index is -4.46. The maximum Gasteiger partial charge on any atom is 0.416 e. The van der Waals surface area contributed by atoms with Crippen molar-refractivity contribution in [3.05, 3.63) is 89.5 Å². The van der Waals surface area contributed by atoms with Crippen LogP contribution in [0.25, 0.3) is 10.9 Å². The topological polar surface area (TPSA) is 105 Å². The Morgan fingerprint density at radius 2 is 1.83 bits per heavy atom. The summed E-state index contributed by atoms with van der Waals surface area (Å²) in [7, 11) is -2.56. The van der Waals surface area contributed by atoms with Gasteiger partial charge < -0.3 is 9.64 Å². The largest absolute Gasteiger partial charge is 0.416 e. The molecule has 41 heavy (non-hydrogen) atoms. The number of carbonyl (C=O) groups excluding carboxylic acids is 1. The van der Waals surface area contributed by atoms with Gasteiger partial charge in [0, 0.05) is 75.8 Å². The van der Waals surface area contributed by atoms with Gasteiger partial charge in [0.2, 0.25) is 5.91 Å². The van der Waals surface area contributed by atoms with Crippen LogP contribution in [-0.2, 0) is 32.3 Å². The number of nitrogens with one attached hydrogen (secondary N) is 1. The Morgan fingerprint density at radius 3 is 2.56 bits per heavy atom. The van der Waals surface area contributed by atoms with E-state index in [0.29, 0.717) is 48.4 Å². The van der Waals surface area contributed by atoms with Crippen LogP contribution in [0.3, 0.4) is 0 Å². The highest BCUT2D eigenvalue weighted by molar-refractivity contribution is 7.89. The summed E-state index contributed by atoms with van der Waals surface area (Å²) in [6.07, 6.45) is 1.97. The fourth-order valence-corrected chi connectivity index (χ4v) is 6.33. The second kappa shape index (κ2) is 11.6. The average Bonchev–Trinajstić information content (AvgIpc) is 2.96. The summed E-state index contributed by atoms with van der Waals surface area (Å²) in [5.74, 6) is -0.222. The van der Waals surface area contributed by atoms with Gasteiger partial charge in [0.05, 0.1) is 16.8 Å². The van der Waals surface area contributed by atoms with E-state index in [4.69, 9.17) is 4.74 Å². The van der Waals surface area contributed by atoms with E-state index >= 15 is 0 Å². The van der Waals surface area contributed by atoms with Gasteiger partial charge in [0.1, 0.15) is 11.0 Å². The standard InChI is InChI=1S/C28H28F3N5O4S/c1-40-24-16-20(7-8-23(24)34-41(38,39)25-6-2-4-19-5-3-10-33-26(19)25)27(37)36-14-12-35(13-15-36)18-21-17-32-11-9-22(21)28(29,30)31/h2-11,17,24,34H,12-16,18H2,1H3. The molecule has 3 heterocycles. The molecule has 1 atom stereocenters. The van der Waals surface area contributed by atoms with Gasteiger partial charge in [-0.05, 0) is 29.8 Å². The van der Waals surface area contributed by atoms with Gasteiger partial charge >= 0.3 is 6.18 Å². The zero-order valence-corrected chi connectivity index (χ0v) is 23.0. The molecule has 1 saturated heterocycles. The smallest absolute Gasteiger partial charge is 0.375 e. The molecule has 0 spiro atoms. The number of piperazine rings is 1. The molecule has 1 aliphatic carbocycles. The van der Waals surface area contributed by atoms with Gasteiger partial charge in [-0.2, -0.15) is 13.2 Å². The van der Waals surface area contributed by atoms with Gasteiger partial charge in [-0.3, -0.25) is 24.4 Å². The molecule has 13 heteroatoms. The number of pyridine rings is 2. The molecule has 1 aromatic carbocycles. The summed E-state index contributed by atoms with van der Waals surface area (Å²) in [5.41, 5.74) is 0.470. The summed E-state index contributed by atoms with van der Waals surface area (Å²) < 4.78 is 74.7. The SMILES string of the molecule is COC1CC(C(=O)N2CCN(Cc3cnccc3C(F)(F)F)CC2)=CC=C1NS(=O)(=O)c1cccc2cccnc12. The molecule has 1 aliphatic heterocycles. The Hall–Kier alpha value is -3.81. The summed E-state index contributed by atoms with van der Waals surface area (Å²) in [4.78, 5) is 24.9. The highest BCUT2D eigenvalue weighted by Gasteiger charge is 2.34. The summed E-state index contributed by atoms with van der Waals surface area (Å²) in [5, 5.41) is 0.686. The van der Waals surface area contributed by atoms with Crippen LogP contribution in [0.15, 0.2) is 83.3 Å². The fraction of sp³-hybridized carbons (Fsp3) is 0.321. The molecule has 0 bridgehead atoms. The maximum atomic E-state index is 13.3. The van der Waals surface area contributed by atoms with E-state index in [0.717, 1.165) is 12.3 Å². The van der Waals surface area contributed by atoms with E-state index in [-0.39, 0.29) is 29.3 Å². The van der Waals surface area contributed by atoms with Gasteiger partial charge in [-0.15, -0.1) is 0 Å². The first kappa shape index (κ1) is 28.7. The predicted octanol–water partition coefficient (Wildman–Crippen LogP) is 3.50. The number of rotatable bonds is 7. The van der Waals surface area contributed by atoms with Crippen LogP contribution < -0.4 is 4.72 Å². The first-order valence-corrected chi connectivity index (χ1v) is 14.4. The number of alkyl halides is 3. The van der Waals surface area contributed by atoms with E-state index in [1.807, 2.05) is 4.90 Å². The summed E-state index contributed by atoms with van der Waals surface area (Å²) in [6, 6.07) is 9.37. The van der Waals surface area contributed by atoms with Crippen LogP contribution in [0, 0.1) is 0 Å². The van der Waals surface area contributed by atoms with E-state index in [9.17, 15) is 26.4 Å². The van der Waals surface area contributed by atoms with Crippen molar-refractivity contribution in [3.63, 3.8) is 0 Å². The van der Waals surface area contributed by atoms with Crippen LogP contribution >= 0.6 is 0 Å². The van der Waals surface area contributed by atoms with Crippen molar-refractivity contribution in [3.8, 4) is 0 Å². The summed E-state index contributed by atoms with van der Waals surface area (Å²) >= 11 is 0. The van der Waals surface area contributed by atoms with Crippen molar-refractivity contribution >= 4 is 26.8 Å². The van der Waals surface area contributed by atoms with Gasteiger partial charge in [0.25, 0.3) is 10.0 Å². The third kappa shape index (κ3) is 6.26. The molecule has 5 rings (SSSR count). The molecule has 1 fully saturated rings. The number of halogens is 3. The van der Waals surface area contributed by atoms with Gasteiger partial charge in [0.15, 0.2) is 0 Å². The normalized spacial score (nSPS) is 18.6. The number of para-hydroxylation sites is 1. The average molecular weight is 588 g/mol. The Balaban J connectivity index is 1.25. The Bertz CT molecular complexity index is 1610. The number of hydrogen-bond donors (Lipinski definition) is 1. The highest BCUT2D eigenvalue weighted by atomic mass is 32.2. The summed E-state index contributed by atoms with van der Waals surface area (Å²) in [6.45, 7) is 1.56. The van der Waals surface area contributed by atoms with E-state index in [1.165, 1.54) is 31.6 Å². The van der Waals surface area contributed by atoms with Gasteiger partial charge in [-0.25, -0.2) is 8.42 Å². The van der Waals surface area contributed by atoms with Crippen LogP contribution in [0.4, 0.5) is 13.2 Å². The predicted molar refractivity (Wildman–Crippen MR) is 145 cm³/mol. The number of allylic oxidation sites excluding steroid dienone is 2. The van der Waals surface area contributed by atoms with E-state index in [2.05, 4.69) is 14.7 Å². The molecule has 2 aromatic heterocycles. The molecule has 0 saturated carbocycles. The number of nitrogens with zero attached hydrogens (tertiary/aromatic N) is 4. The van der Waals surface area contributed by atoms with Crippen molar-refractivity contribution in [2.75, 3.05) is 33.3 Å². The molecule has 2 aliphatic rings. The molecule has 0 radical (unpaired) electrons. The van der Waals surface area contributed by atoms with Crippen molar-refractivity contribution in [2.24, 2.45) is 0 Å². The Morgan fingerprint density at radius 1 is 1.07 bits per heavy atom. The number of benzene rings is 1. The van der Waals surface area contributed by atoms with Gasteiger partial charge in [-0.1, -0.05) is 24.3 Å². The quantitative estimate of drug-likeness (QED) is 0.451. The van der Waals surface area contributed by atoms with Crippen molar-refractivity contribution in [2.45, 2.75) is 30.1 Å². The molecule has 1 amide bonds. The Labute approximate surface area is 235 Å². The van der Waals surface area contributed by atoms with Crippen LogP contribution in [0.5, 0.6) is 0 Å². The third-order valence-corrected chi connectivity index (χ3v) is 8.59. The third-order valence-electron chi connectivity index (χ3n) is 7.18. The number of hydrogen-bond acceptors (Lipinski definition) is 7. The number of methoxy groups -OCH3 is 1. The zero-order chi connectivity index (χ0) is 29.2. The van der Waals surface area contributed by atoms with Crippen molar-refractivity contribution in [1.29, 1.82) is 0 Å². The minimum Gasteiger partial charge on any atom is -0.375 e. The lowest BCUT2D eigenvalue weighted by molar-refractivity contribution is -0.138. The van der Waals surface area contributed by atoms with E-state index in [1.54, 1.807) is 35.2 Å². The molecule has 1 N–H and O–H groups in total. The monoisotopic (exact) mass is 587 g/mol. The Kier molecular flexibility index (Phi) is 8.11. The first-order valence-electron chi connectivity index (χ1n) is 12.9. The molecule has 1 unspecified atom stereocenters. The van der Waals surface area contributed by atoms with Crippen molar-refractivity contribution < 1.29 is 31.1 Å². The lowest BCUT2D eigenvalue weighted by Crippen LogP contribution is -2.49. The molecular formula is C28H28F3N5O4S. The highest BCUT2D eigenvalue weighted by Crippen LogP contribution is 2.32.